The molecule has 0 spiro atoms. The molecule has 1 aliphatic rings. The van der Waals surface area contributed by atoms with Crippen LogP contribution in [0.2, 0.25) is 0 Å². The number of aromatic amines is 1. The smallest absolute Gasteiger partial charge is 0.258 e. The van der Waals surface area contributed by atoms with Gasteiger partial charge in [-0.15, -0.1) is 0 Å². The third kappa shape index (κ3) is 3.86. The minimum Gasteiger partial charge on any atom is -0.494 e. The molecular formula is C21H19FIN3O3. The Balaban J connectivity index is 1.69. The van der Waals surface area contributed by atoms with Gasteiger partial charge in [-0.05, 0) is 65.8 Å². The lowest BCUT2D eigenvalue weighted by molar-refractivity contribution is 0.266. The average Bonchev–Trinajstić information content (AvgIpc) is 3.16. The molecule has 1 aromatic heterocycles. The highest BCUT2D eigenvalue weighted by Crippen LogP contribution is 2.30. The maximum atomic E-state index is 14.7. The monoisotopic (exact) mass is 507 g/mol. The van der Waals surface area contributed by atoms with E-state index in [0.717, 1.165) is 16.4 Å². The molecule has 1 fully saturated rings. The second-order valence-electron chi connectivity index (χ2n) is 6.97. The molecule has 0 bridgehead atoms. The molecule has 0 aliphatic carbocycles. The quantitative estimate of drug-likeness (QED) is 0.372. The largest absolute Gasteiger partial charge is 0.494 e. The summed E-state index contributed by atoms with van der Waals surface area (Å²) in [6, 6.07) is 9.90. The summed E-state index contributed by atoms with van der Waals surface area (Å²) in [5.41, 5.74) is 0.816. The highest BCUT2D eigenvalue weighted by molar-refractivity contribution is 14.1. The Hall–Kier alpha value is -2.46. The fourth-order valence-corrected chi connectivity index (χ4v) is 4.22. The first kappa shape index (κ1) is 19.8. The highest BCUT2D eigenvalue weighted by atomic mass is 127. The van der Waals surface area contributed by atoms with E-state index in [1.807, 2.05) is 11.0 Å². The normalized spacial score (nSPS) is 16.9. The second-order valence-corrected chi connectivity index (χ2v) is 8.22. The number of aliphatic imine (C=N–C) groups is 1. The summed E-state index contributed by atoms with van der Waals surface area (Å²) in [5.74, 6) is -0.696. The molecule has 1 saturated heterocycles. The van der Waals surface area contributed by atoms with E-state index in [2.05, 4.69) is 32.6 Å². The molecule has 3 aromatic rings. The zero-order chi connectivity index (χ0) is 20.5. The van der Waals surface area contributed by atoms with Crippen molar-refractivity contribution in [2.24, 2.45) is 4.99 Å². The second kappa shape index (κ2) is 8.11. The molecule has 3 N–H and O–H groups in total. The van der Waals surface area contributed by atoms with Crippen molar-refractivity contribution in [2.75, 3.05) is 18.1 Å². The van der Waals surface area contributed by atoms with E-state index >= 15 is 0 Å². The molecule has 1 atom stereocenters. The highest BCUT2D eigenvalue weighted by Gasteiger charge is 2.26. The summed E-state index contributed by atoms with van der Waals surface area (Å²) >= 11 is 2.13. The van der Waals surface area contributed by atoms with Gasteiger partial charge in [0, 0.05) is 33.2 Å². The Labute approximate surface area is 179 Å². The van der Waals surface area contributed by atoms with Crippen molar-refractivity contribution in [3.05, 3.63) is 61.7 Å². The fraction of sp³-hybridized carbons (Fsp3) is 0.238. The molecule has 4 rings (SSSR count). The van der Waals surface area contributed by atoms with Gasteiger partial charge in [0.05, 0.1) is 29.6 Å². The number of anilines is 1. The minimum atomic E-state index is -0.412. The first-order chi connectivity index (χ1) is 14.0. The molecule has 0 amide bonds. The number of aliphatic hydroxyl groups is 1. The van der Waals surface area contributed by atoms with Gasteiger partial charge in [0.25, 0.3) is 5.56 Å². The van der Waals surface area contributed by atoms with Gasteiger partial charge in [-0.3, -0.25) is 14.8 Å². The van der Waals surface area contributed by atoms with Crippen molar-refractivity contribution in [3.8, 4) is 5.88 Å². The van der Waals surface area contributed by atoms with Crippen LogP contribution < -0.4 is 10.5 Å². The van der Waals surface area contributed by atoms with Crippen molar-refractivity contribution in [1.82, 2.24) is 4.98 Å². The third-order valence-electron chi connectivity index (χ3n) is 5.17. The van der Waals surface area contributed by atoms with E-state index in [-0.39, 0.29) is 24.1 Å². The van der Waals surface area contributed by atoms with E-state index in [4.69, 9.17) is 0 Å². The molecule has 2 aromatic carbocycles. The van der Waals surface area contributed by atoms with Gasteiger partial charge >= 0.3 is 0 Å². The van der Waals surface area contributed by atoms with Crippen molar-refractivity contribution in [1.29, 1.82) is 0 Å². The van der Waals surface area contributed by atoms with Gasteiger partial charge in [-0.25, -0.2) is 4.39 Å². The van der Waals surface area contributed by atoms with Crippen molar-refractivity contribution in [3.63, 3.8) is 0 Å². The lowest BCUT2D eigenvalue weighted by Crippen LogP contribution is -2.32. The molecule has 0 radical (unpaired) electrons. The Kier molecular flexibility index (Phi) is 5.55. The Morgan fingerprint density at radius 1 is 1.28 bits per heavy atom. The van der Waals surface area contributed by atoms with Gasteiger partial charge in [0.1, 0.15) is 5.82 Å². The zero-order valence-corrected chi connectivity index (χ0v) is 17.6. The summed E-state index contributed by atoms with van der Waals surface area (Å²) in [6.45, 7) is 0.706. The van der Waals surface area contributed by atoms with Gasteiger partial charge in [-0.1, -0.05) is 0 Å². The van der Waals surface area contributed by atoms with E-state index in [1.165, 1.54) is 12.3 Å². The SMILES string of the molecule is O=c1[nH]c(O)c(C=Nc2ccc(N3CCC[C@H]3CO)c(F)c2)c2cc(I)ccc12. The number of rotatable bonds is 4. The molecule has 0 saturated carbocycles. The van der Waals surface area contributed by atoms with E-state index < -0.39 is 5.82 Å². The van der Waals surface area contributed by atoms with Crippen LogP contribution in [0.25, 0.3) is 10.8 Å². The maximum Gasteiger partial charge on any atom is 0.258 e. The lowest BCUT2D eigenvalue weighted by Gasteiger charge is -2.25. The lowest BCUT2D eigenvalue weighted by atomic mass is 10.1. The third-order valence-corrected chi connectivity index (χ3v) is 5.85. The number of H-pyrrole nitrogens is 1. The van der Waals surface area contributed by atoms with Crippen LogP contribution >= 0.6 is 22.6 Å². The Bertz CT molecular complexity index is 1160. The number of aromatic hydroxyl groups is 1. The molecule has 1 aliphatic heterocycles. The van der Waals surface area contributed by atoms with Gasteiger partial charge in [0.15, 0.2) is 0 Å². The summed E-state index contributed by atoms with van der Waals surface area (Å²) < 4.78 is 15.6. The number of aromatic nitrogens is 1. The summed E-state index contributed by atoms with van der Waals surface area (Å²) in [6.07, 6.45) is 3.18. The standard InChI is InChI=1S/C21H19FIN3O3/c22-18-9-13(4-6-19(18)26-7-1-2-14(26)11-27)24-10-17-16-8-12(23)3-5-15(16)20(28)25-21(17)29/h3-6,8-10,14,27H,1-2,7,11H2,(H2,25,28,29)/t14-/m0/s1. The molecule has 0 unspecified atom stereocenters. The zero-order valence-electron chi connectivity index (χ0n) is 15.4. The molecule has 29 heavy (non-hydrogen) atoms. The fourth-order valence-electron chi connectivity index (χ4n) is 3.73. The Morgan fingerprint density at radius 2 is 2.10 bits per heavy atom. The van der Waals surface area contributed by atoms with Crippen molar-refractivity contribution < 1.29 is 14.6 Å². The number of aliphatic hydroxyl groups excluding tert-OH is 1. The summed E-state index contributed by atoms with van der Waals surface area (Å²) in [4.78, 5) is 20.6. The number of hydrogen-bond acceptors (Lipinski definition) is 5. The van der Waals surface area contributed by atoms with Crippen molar-refractivity contribution in [2.45, 2.75) is 18.9 Å². The number of nitrogens with one attached hydrogen (secondary N) is 1. The van der Waals surface area contributed by atoms with Crippen LogP contribution in [-0.4, -0.2) is 40.6 Å². The molecule has 150 valence electrons. The minimum absolute atomic E-state index is 0.00327. The number of halogens is 2. The summed E-state index contributed by atoms with van der Waals surface area (Å²) in [5, 5.41) is 20.7. The van der Waals surface area contributed by atoms with Crippen LogP contribution in [0.5, 0.6) is 5.88 Å². The molecule has 2 heterocycles. The topological polar surface area (TPSA) is 88.9 Å². The van der Waals surface area contributed by atoms with Gasteiger partial charge in [0.2, 0.25) is 5.88 Å². The molecule has 6 nitrogen and oxygen atoms in total. The molecular weight excluding hydrogens is 488 g/mol. The van der Waals surface area contributed by atoms with Crippen LogP contribution in [0.4, 0.5) is 15.8 Å². The van der Waals surface area contributed by atoms with Crippen LogP contribution in [0, 0.1) is 9.39 Å². The van der Waals surface area contributed by atoms with Crippen LogP contribution in [-0.2, 0) is 0 Å². The number of fused-ring (bicyclic) bond motifs is 1. The van der Waals surface area contributed by atoms with E-state index in [0.29, 0.717) is 34.3 Å². The Morgan fingerprint density at radius 3 is 2.86 bits per heavy atom. The van der Waals surface area contributed by atoms with E-state index in [1.54, 1.807) is 24.3 Å². The predicted octanol–water partition coefficient (Wildman–Crippen LogP) is 3.69. The maximum absolute atomic E-state index is 14.7. The number of hydrogen-bond donors (Lipinski definition) is 3. The van der Waals surface area contributed by atoms with Crippen LogP contribution in [0.3, 0.4) is 0 Å². The number of benzene rings is 2. The van der Waals surface area contributed by atoms with Gasteiger partial charge < -0.3 is 15.1 Å². The van der Waals surface area contributed by atoms with Crippen LogP contribution in [0.1, 0.15) is 18.4 Å². The van der Waals surface area contributed by atoms with E-state index in [9.17, 15) is 19.4 Å². The first-order valence-corrected chi connectivity index (χ1v) is 10.3. The molecule has 8 heteroatoms. The average molecular weight is 507 g/mol. The van der Waals surface area contributed by atoms with Crippen LogP contribution in [0.15, 0.2) is 46.2 Å². The van der Waals surface area contributed by atoms with Gasteiger partial charge in [-0.2, -0.15) is 0 Å². The first-order valence-electron chi connectivity index (χ1n) is 9.23. The number of nitrogens with zero attached hydrogens (tertiary/aromatic N) is 2. The summed E-state index contributed by atoms with van der Waals surface area (Å²) in [7, 11) is 0. The number of pyridine rings is 1. The van der Waals surface area contributed by atoms with Crippen molar-refractivity contribution >= 4 is 51.0 Å². The predicted molar refractivity (Wildman–Crippen MR) is 120 cm³/mol.